The Hall–Kier alpha value is -0.690. The van der Waals surface area contributed by atoms with Gasteiger partial charge in [0.2, 0.25) is 0 Å². The van der Waals surface area contributed by atoms with E-state index in [9.17, 15) is 10.1 Å². The smallest absolute Gasteiger partial charge is 0.324 e. The van der Waals surface area contributed by atoms with Crippen molar-refractivity contribution in [2.45, 2.75) is 25.4 Å². The third kappa shape index (κ3) is 2.91. The van der Waals surface area contributed by atoms with Crippen LogP contribution in [-0.2, 0) is 6.54 Å². The summed E-state index contributed by atoms with van der Waals surface area (Å²) in [6.45, 7) is 2.97. The van der Waals surface area contributed by atoms with Crippen molar-refractivity contribution in [1.82, 2.24) is 4.90 Å². The second-order valence-electron chi connectivity index (χ2n) is 5.41. The fourth-order valence-electron chi connectivity index (χ4n) is 3.33. The lowest BCUT2D eigenvalue weighted by Gasteiger charge is -2.17. The molecule has 1 aromatic rings. The van der Waals surface area contributed by atoms with Crippen LogP contribution < -0.4 is 5.73 Å². The van der Waals surface area contributed by atoms with Gasteiger partial charge in [0, 0.05) is 37.1 Å². The molecule has 5 nitrogen and oxygen atoms in total. The number of nitro groups is 1. The largest absolute Gasteiger partial charge is 0.327 e. The molecule has 2 aliphatic rings. The predicted molar refractivity (Wildman–Crippen MR) is 77.7 cm³/mol. The van der Waals surface area contributed by atoms with E-state index in [-0.39, 0.29) is 22.3 Å². The first kappa shape index (κ1) is 14.7. The number of thiophene rings is 1. The molecule has 1 aliphatic heterocycles. The molecular weight excluding hydrogens is 286 g/mol. The molecule has 1 aliphatic carbocycles. The molecule has 3 rings (SSSR count). The predicted octanol–water partition coefficient (Wildman–Crippen LogP) is 2.25. The zero-order valence-electron chi connectivity index (χ0n) is 10.5. The number of hydrogen-bond donors (Lipinski definition) is 1. The van der Waals surface area contributed by atoms with Crippen molar-refractivity contribution in [3.8, 4) is 0 Å². The maximum absolute atomic E-state index is 10.6. The number of likely N-dealkylation sites (tertiary alicyclic amines) is 1. The molecule has 19 heavy (non-hydrogen) atoms. The fourth-order valence-corrected chi connectivity index (χ4v) is 4.05. The van der Waals surface area contributed by atoms with Crippen molar-refractivity contribution in [3.05, 3.63) is 27.1 Å². The SMILES string of the molecule is Cl.NC1CCC2CN(Cc3csc([N+](=O)[O-])c3)CC12. The van der Waals surface area contributed by atoms with Crippen LogP contribution in [0.25, 0.3) is 0 Å². The van der Waals surface area contributed by atoms with Crippen molar-refractivity contribution < 1.29 is 4.92 Å². The molecule has 0 radical (unpaired) electrons. The number of rotatable bonds is 3. The first-order chi connectivity index (χ1) is 8.63. The lowest BCUT2D eigenvalue weighted by molar-refractivity contribution is -0.380. The Labute approximate surface area is 122 Å². The number of hydrogen-bond acceptors (Lipinski definition) is 5. The van der Waals surface area contributed by atoms with E-state index in [1.54, 1.807) is 6.07 Å². The Balaban J connectivity index is 0.00000133. The normalized spacial score (nSPS) is 30.1. The summed E-state index contributed by atoms with van der Waals surface area (Å²) in [6.07, 6.45) is 2.40. The van der Waals surface area contributed by atoms with Gasteiger partial charge in [-0.25, -0.2) is 0 Å². The maximum atomic E-state index is 10.6. The van der Waals surface area contributed by atoms with Crippen molar-refractivity contribution in [3.63, 3.8) is 0 Å². The molecule has 7 heteroatoms. The highest BCUT2D eigenvalue weighted by Crippen LogP contribution is 2.38. The first-order valence-corrected chi connectivity index (χ1v) is 7.21. The molecule has 0 bridgehead atoms. The molecule has 2 N–H and O–H groups in total. The third-order valence-electron chi connectivity index (χ3n) is 4.21. The van der Waals surface area contributed by atoms with Gasteiger partial charge in [0.15, 0.2) is 0 Å². The van der Waals surface area contributed by atoms with E-state index in [0.29, 0.717) is 12.0 Å². The van der Waals surface area contributed by atoms with E-state index in [1.165, 1.54) is 17.8 Å². The van der Waals surface area contributed by atoms with Crippen LogP contribution in [0, 0.1) is 22.0 Å². The number of nitrogens with two attached hydrogens (primary N) is 1. The van der Waals surface area contributed by atoms with Crippen LogP contribution in [0.4, 0.5) is 5.00 Å². The minimum atomic E-state index is -0.317. The zero-order valence-corrected chi connectivity index (χ0v) is 12.2. The molecule has 106 valence electrons. The second kappa shape index (κ2) is 5.75. The summed E-state index contributed by atoms with van der Waals surface area (Å²) in [5.74, 6) is 1.38. The average Bonchev–Trinajstić information content (AvgIpc) is 2.98. The maximum Gasteiger partial charge on any atom is 0.324 e. The topological polar surface area (TPSA) is 72.4 Å². The van der Waals surface area contributed by atoms with Gasteiger partial charge < -0.3 is 5.73 Å². The monoisotopic (exact) mass is 303 g/mol. The van der Waals surface area contributed by atoms with Gasteiger partial charge in [-0.3, -0.25) is 15.0 Å². The van der Waals surface area contributed by atoms with Gasteiger partial charge in [-0.15, -0.1) is 12.4 Å². The van der Waals surface area contributed by atoms with Gasteiger partial charge >= 0.3 is 5.00 Å². The van der Waals surface area contributed by atoms with Gasteiger partial charge in [-0.05, 0) is 30.2 Å². The Morgan fingerprint density at radius 3 is 2.89 bits per heavy atom. The molecule has 2 fully saturated rings. The van der Waals surface area contributed by atoms with Gasteiger partial charge in [0.05, 0.1) is 4.92 Å². The van der Waals surface area contributed by atoms with Crippen molar-refractivity contribution >= 4 is 28.7 Å². The van der Waals surface area contributed by atoms with Crippen LogP contribution in [-0.4, -0.2) is 29.0 Å². The van der Waals surface area contributed by atoms with E-state index in [4.69, 9.17) is 5.73 Å². The van der Waals surface area contributed by atoms with E-state index in [1.807, 2.05) is 5.38 Å². The molecule has 1 saturated carbocycles. The summed E-state index contributed by atoms with van der Waals surface area (Å²) in [4.78, 5) is 12.7. The average molecular weight is 304 g/mol. The van der Waals surface area contributed by atoms with E-state index in [2.05, 4.69) is 4.90 Å². The van der Waals surface area contributed by atoms with Crippen molar-refractivity contribution in [2.24, 2.45) is 17.6 Å². The molecule has 0 amide bonds. The summed E-state index contributed by atoms with van der Waals surface area (Å²) < 4.78 is 0. The van der Waals surface area contributed by atoms with Crippen molar-refractivity contribution in [1.29, 1.82) is 0 Å². The van der Waals surface area contributed by atoms with Crippen LogP contribution in [0.3, 0.4) is 0 Å². The summed E-state index contributed by atoms with van der Waals surface area (Å²) >= 11 is 1.21. The molecule has 3 atom stereocenters. The third-order valence-corrected chi connectivity index (χ3v) is 5.14. The van der Waals surface area contributed by atoms with Crippen LogP contribution >= 0.6 is 23.7 Å². The Morgan fingerprint density at radius 1 is 1.47 bits per heavy atom. The second-order valence-corrected chi connectivity index (χ2v) is 6.30. The summed E-state index contributed by atoms with van der Waals surface area (Å²) in [7, 11) is 0. The fraction of sp³-hybridized carbons (Fsp3) is 0.667. The Kier molecular flexibility index (Phi) is 4.45. The minimum Gasteiger partial charge on any atom is -0.327 e. The van der Waals surface area contributed by atoms with E-state index in [0.717, 1.165) is 37.5 Å². The van der Waals surface area contributed by atoms with Gasteiger partial charge in [-0.2, -0.15) is 0 Å². The lowest BCUT2D eigenvalue weighted by atomic mass is 9.98. The van der Waals surface area contributed by atoms with Gasteiger partial charge in [0.1, 0.15) is 0 Å². The van der Waals surface area contributed by atoms with Gasteiger partial charge in [-0.1, -0.05) is 11.3 Å². The van der Waals surface area contributed by atoms with Crippen molar-refractivity contribution in [2.75, 3.05) is 13.1 Å². The van der Waals surface area contributed by atoms with Crippen LogP contribution in [0.2, 0.25) is 0 Å². The number of nitrogens with zero attached hydrogens (tertiary/aromatic N) is 2. The number of halogens is 1. The van der Waals surface area contributed by atoms with E-state index < -0.39 is 0 Å². The molecular formula is C12H18ClN3O2S. The highest BCUT2D eigenvalue weighted by molar-refractivity contribution is 7.13. The van der Waals surface area contributed by atoms with Crippen LogP contribution in [0.15, 0.2) is 11.4 Å². The molecule has 1 aromatic heterocycles. The molecule has 1 saturated heterocycles. The molecule has 2 heterocycles. The first-order valence-electron chi connectivity index (χ1n) is 6.33. The number of fused-ring (bicyclic) bond motifs is 1. The minimum absolute atomic E-state index is 0. The van der Waals surface area contributed by atoms with Crippen LogP contribution in [0.5, 0.6) is 0 Å². The standard InChI is InChI=1S/C12H17N3O2S.ClH/c13-11-2-1-9-5-14(6-10(9)11)4-8-3-12(15(16)17)18-7-8;/h3,7,9-11H,1-2,4-6,13H2;1H. The summed E-state index contributed by atoms with van der Waals surface area (Å²) in [5, 5.41) is 12.8. The molecule has 0 spiro atoms. The van der Waals surface area contributed by atoms with Gasteiger partial charge in [0.25, 0.3) is 0 Å². The van der Waals surface area contributed by atoms with Crippen LogP contribution in [0.1, 0.15) is 18.4 Å². The lowest BCUT2D eigenvalue weighted by Crippen LogP contribution is -2.30. The highest BCUT2D eigenvalue weighted by atomic mass is 35.5. The Morgan fingerprint density at radius 2 is 2.26 bits per heavy atom. The quantitative estimate of drug-likeness (QED) is 0.686. The Bertz CT molecular complexity index is 468. The highest BCUT2D eigenvalue weighted by Gasteiger charge is 2.40. The van der Waals surface area contributed by atoms with E-state index >= 15 is 0 Å². The molecule has 3 unspecified atom stereocenters. The molecule has 0 aromatic carbocycles. The summed E-state index contributed by atoms with van der Waals surface area (Å²) in [6, 6.07) is 2.05. The summed E-state index contributed by atoms with van der Waals surface area (Å²) in [5.41, 5.74) is 7.16. The zero-order chi connectivity index (χ0) is 12.7.